The van der Waals surface area contributed by atoms with Crippen molar-refractivity contribution < 1.29 is 18.0 Å². The van der Waals surface area contributed by atoms with E-state index in [0.717, 1.165) is 30.7 Å². The summed E-state index contributed by atoms with van der Waals surface area (Å²) in [6.07, 6.45) is -1.08. The van der Waals surface area contributed by atoms with Crippen LogP contribution in [0.5, 0.6) is 0 Å². The van der Waals surface area contributed by atoms with E-state index in [-0.39, 0.29) is 5.91 Å². The highest BCUT2D eigenvalue weighted by molar-refractivity contribution is 5.94. The third-order valence-electron chi connectivity index (χ3n) is 6.96. The monoisotopic (exact) mass is 480 g/mol. The van der Waals surface area contributed by atoms with Crippen molar-refractivity contribution >= 4 is 5.91 Å². The zero-order chi connectivity index (χ0) is 25.0. The van der Waals surface area contributed by atoms with Crippen LogP contribution in [0, 0.1) is 0 Å². The van der Waals surface area contributed by atoms with Crippen molar-refractivity contribution in [3.05, 3.63) is 95.1 Å². The number of carbonyl (C=O) groups excluding carboxylic acids is 1. The molecular formula is C29H31F3N2O. The summed E-state index contributed by atoms with van der Waals surface area (Å²) in [6.45, 7) is 6.24. The predicted octanol–water partition coefficient (Wildman–Crippen LogP) is 6.89. The molecule has 35 heavy (non-hydrogen) atoms. The van der Waals surface area contributed by atoms with Gasteiger partial charge in [-0.15, -0.1) is 0 Å². The van der Waals surface area contributed by atoms with Crippen LogP contribution in [0.2, 0.25) is 0 Å². The maximum absolute atomic E-state index is 12.7. The Morgan fingerprint density at radius 2 is 1.57 bits per heavy atom. The van der Waals surface area contributed by atoms with Crippen LogP contribution in [0.1, 0.15) is 59.8 Å². The van der Waals surface area contributed by atoms with Gasteiger partial charge in [-0.2, -0.15) is 13.2 Å². The summed E-state index contributed by atoms with van der Waals surface area (Å²) in [5.74, 6) is -0.169. The Kier molecular flexibility index (Phi) is 7.60. The van der Waals surface area contributed by atoms with Gasteiger partial charge in [0.2, 0.25) is 0 Å². The van der Waals surface area contributed by atoms with Gasteiger partial charge in [0.05, 0.1) is 5.56 Å². The van der Waals surface area contributed by atoms with Gasteiger partial charge in [-0.3, -0.25) is 9.69 Å². The summed E-state index contributed by atoms with van der Waals surface area (Å²) in [6, 6.07) is 21.6. The van der Waals surface area contributed by atoms with Gasteiger partial charge in [0.25, 0.3) is 5.91 Å². The average molecular weight is 481 g/mol. The molecule has 1 aliphatic rings. The molecule has 3 nitrogen and oxygen atoms in total. The van der Waals surface area contributed by atoms with Gasteiger partial charge >= 0.3 is 6.18 Å². The molecule has 1 fully saturated rings. The average Bonchev–Trinajstić information content (AvgIpc) is 3.29. The third kappa shape index (κ3) is 6.12. The van der Waals surface area contributed by atoms with Crippen LogP contribution in [0.25, 0.3) is 11.1 Å². The molecule has 184 valence electrons. The second-order valence-electron chi connectivity index (χ2n) is 9.30. The Bertz CT molecular complexity index is 1120. The molecule has 1 aliphatic heterocycles. The molecule has 0 aliphatic carbocycles. The number of rotatable bonds is 7. The van der Waals surface area contributed by atoms with E-state index in [0.29, 0.717) is 29.8 Å². The molecule has 3 aromatic rings. The normalized spacial score (nSPS) is 17.3. The summed E-state index contributed by atoms with van der Waals surface area (Å²) in [7, 11) is 0. The molecule has 0 aromatic heterocycles. The quantitative estimate of drug-likeness (QED) is 0.399. The Balaban J connectivity index is 1.28. The lowest BCUT2D eigenvalue weighted by atomic mass is 10.0. The van der Waals surface area contributed by atoms with E-state index in [2.05, 4.69) is 48.3 Å². The summed E-state index contributed by atoms with van der Waals surface area (Å²) >= 11 is 0. The number of alkyl halides is 3. The Morgan fingerprint density at radius 3 is 2.11 bits per heavy atom. The van der Waals surface area contributed by atoms with Crippen molar-refractivity contribution in [2.45, 2.75) is 51.4 Å². The molecule has 0 bridgehead atoms. The standard InChI is InChI=1S/C29H31F3N2O/c1-20-4-3-19-34(20)21(2)23-7-5-22(6-8-23)17-18-33-28(35)26-11-9-24(10-12-26)25-13-15-27(16-14-25)29(30,31)32/h5-16,20-21H,3-4,17-19H2,1-2H3,(H,33,35). The predicted molar refractivity (Wildman–Crippen MR) is 133 cm³/mol. The number of hydrogen-bond donors (Lipinski definition) is 1. The molecule has 2 atom stereocenters. The first-order chi connectivity index (χ1) is 16.7. The molecule has 1 saturated heterocycles. The van der Waals surface area contributed by atoms with Crippen LogP contribution in [0.4, 0.5) is 13.2 Å². The highest BCUT2D eigenvalue weighted by Gasteiger charge is 2.30. The van der Waals surface area contributed by atoms with Gasteiger partial charge in [0.1, 0.15) is 0 Å². The lowest BCUT2D eigenvalue weighted by Crippen LogP contribution is -2.29. The van der Waals surface area contributed by atoms with Crippen molar-refractivity contribution in [2.75, 3.05) is 13.1 Å². The number of likely N-dealkylation sites (tertiary alicyclic amines) is 1. The topological polar surface area (TPSA) is 32.3 Å². The molecule has 4 rings (SSSR count). The smallest absolute Gasteiger partial charge is 0.352 e. The van der Waals surface area contributed by atoms with Gasteiger partial charge in [-0.05, 0) is 86.2 Å². The molecule has 0 radical (unpaired) electrons. The van der Waals surface area contributed by atoms with Gasteiger partial charge < -0.3 is 5.32 Å². The maximum atomic E-state index is 12.7. The van der Waals surface area contributed by atoms with E-state index >= 15 is 0 Å². The molecule has 0 spiro atoms. The van der Waals surface area contributed by atoms with Crippen molar-refractivity contribution in [1.82, 2.24) is 10.2 Å². The Hall–Kier alpha value is -3.12. The summed E-state index contributed by atoms with van der Waals surface area (Å²) < 4.78 is 38.2. The van der Waals surface area contributed by atoms with E-state index in [4.69, 9.17) is 0 Å². The van der Waals surface area contributed by atoms with E-state index in [9.17, 15) is 18.0 Å². The Labute approximate surface area is 205 Å². The van der Waals surface area contributed by atoms with Crippen LogP contribution in [0.3, 0.4) is 0 Å². The first-order valence-corrected chi connectivity index (χ1v) is 12.1. The number of halogens is 3. The fourth-order valence-corrected chi connectivity index (χ4v) is 4.77. The minimum absolute atomic E-state index is 0.169. The van der Waals surface area contributed by atoms with Crippen molar-refractivity contribution in [1.29, 1.82) is 0 Å². The number of carbonyl (C=O) groups is 1. The van der Waals surface area contributed by atoms with Crippen molar-refractivity contribution in [2.24, 2.45) is 0 Å². The van der Waals surface area contributed by atoms with Crippen LogP contribution in [-0.4, -0.2) is 29.9 Å². The van der Waals surface area contributed by atoms with Crippen molar-refractivity contribution in [3.8, 4) is 11.1 Å². The van der Waals surface area contributed by atoms with Crippen LogP contribution in [0.15, 0.2) is 72.8 Å². The van der Waals surface area contributed by atoms with Gasteiger partial charge in [-0.25, -0.2) is 0 Å². The third-order valence-corrected chi connectivity index (χ3v) is 6.96. The molecule has 3 aromatic carbocycles. The zero-order valence-corrected chi connectivity index (χ0v) is 20.1. The second kappa shape index (κ2) is 10.6. The molecule has 0 saturated carbocycles. The van der Waals surface area contributed by atoms with Crippen LogP contribution < -0.4 is 5.32 Å². The largest absolute Gasteiger partial charge is 0.416 e. The minimum atomic E-state index is -4.35. The summed E-state index contributed by atoms with van der Waals surface area (Å²) in [4.78, 5) is 15.1. The molecule has 1 N–H and O–H groups in total. The van der Waals surface area contributed by atoms with E-state index in [1.807, 2.05) is 0 Å². The molecule has 1 amide bonds. The first kappa shape index (κ1) is 25.0. The maximum Gasteiger partial charge on any atom is 0.416 e. The SMILES string of the molecule is CC1CCCN1C(C)c1ccc(CCNC(=O)c2ccc(-c3ccc(C(F)(F)F)cc3)cc2)cc1. The molecule has 6 heteroatoms. The van der Waals surface area contributed by atoms with E-state index in [1.54, 1.807) is 24.3 Å². The number of benzene rings is 3. The number of hydrogen-bond acceptors (Lipinski definition) is 2. The fourth-order valence-electron chi connectivity index (χ4n) is 4.77. The fraction of sp³-hybridized carbons (Fsp3) is 0.345. The minimum Gasteiger partial charge on any atom is -0.352 e. The molecule has 1 heterocycles. The van der Waals surface area contributed by atoms with E-state index in [1.165, 1.54) is 36.1 Å². The lowest BCUT2D eigenvalue weighted by molar-refractivity contribution is -0.137. The second-order valence-corrected chi connectivity index (χ2v) is 9.30. The molecular weight excluding hydrogens is 449 g/mol. The molecule has 2 unspecified atom stereocenters. The highest BCUT2D eigenvalue weighted by atomic mass is 19.4. The highest BCUT2D eigenvalue weighted by Crippen LogP contribution is 2.31. The van der Waals surface area contributed by atoms with Crippen molar-refractivity contribution in [3.63, 3.8) is 0 Å². The summed E-state index contributed by atoms with van der Waals surface area (Å²) in [5.41, 5.74) is 3.76. The zero-order valence-electron chi connectivity index (χ0n) is 20.1. The number of nitrogens with one attached hydrogen (secondary N) is 1. The van der Waals surface area contributed by atoms with Gasteiger partial charge in [0.15, 0.2) is 0 Å². The Morgan fingerprint density at radius 1 is 0.971 bits per heavy atom. The van der Waals surface area contributed by atoms with Crippen LogP contribution >= 0.6 is 0 Å². The van der Waals surface area contributed by atoms with E-state index < -0.39 is 11.7 Å². The first-order valence-electron chi connectivity index (χ1n) is 12.1. The van der Waals surface area contributed by atoms with Crippen LogP contribution in [-0.2, 0) is 12.6 Å². The number of nitrogens with zero attached hydrogens (tertiary/aromatic N) is 1. The lowest BCUT2D eigenvalue weighted by Gasteiger charge is -2.29. The van der Waals surface area contributed by atoms with Gasteiger partial charge in [0, 0.05) is 24.2 Å². The summed E-state index contributed by atoms with van der Waals surface area (Å²) in [5, 5.41) is 2.95. The van der Waals surface area contributed by atoms with Gasteiger partial charge in [-0.1, -0.05) is 48.5 Å². The number of amides is 1.